The maximum absolute atomic E-state index is 12.9. The van der Waals surface area contributed by atoms with Crippen molar-refractivity contribution in [2.75, 3.05) is 18.8 Å². The molecule has 0 aliphatic carbocycles. The molecule has 2 aromatic carbocycles. The molecule has 4 aromatic rings. The van der Waals surface area contributed by atoms with E-state index >= 15 is 0 Å². The lowest BCUT2D eigenvalue weighted by Crippen LogP contribution is -2.35. The van der Waals surface area contributed by atoms with Crippen LogP contribution in [0, 0.1) is 11.5 Å². The van der Waals surface area contributed by atoms with Crippen molar-refractivity contribution in [2.24, 2.45) is 0 Å². The second-order valence-corrected chi connectivity index (χ2v) is 17.1. The molecule has 3 heterocycles. The van der Waals surface area contributed by atoms with Gasteiger partial charge in [0.05, 0.1) is 11.4 Å². The molecule has 1 atom stereocenters. The zero-order chi connectivity index (χ0) is 29.4. The highest BCUT2D eigenvalue weighted by Gasteiger charge is 2.34. The third-order valence-corrected chi connectivity index (χ3v) is 7.55. The molecule has 1 amide bonds. The van der Waals surface area contributed by atoms with Gasteiger partial charge in [-0.2, -0.15) is 0 Å². The van der Waals surface area contributed by atoms with Gasteiger partial charge in [-0.25, -0.2) is 14.8 Å². The summed E-state index contributed by atoms with van der Waals surface area (Å²) in [5, 5.41) is 0.764. The zero-order valence-corrected chi connectivity index (χ0v) is 25.6. The lowest BCUT2D eigenvalue weighted by molar-refractivity contribution is 0.0289. The molecule has 212 valence electrons. The van der Waals surface area contributed by atoms with E-state index in [1.54, 1.807) is 4.90 Å². The van der Waals surface area contributed by atoms with Gasteiger partial charge >= 0.3 is 6.09 Å². The normalized spacial score (nSPS) is 15.5. The number of nitrogens with two attached hydrogens (primary N) is 1. The van der Waals surface area contributed by atoms with E-state index in [0.29, 0.717) is 24.6 Å². The number of aromatic nitrogens is 3. The van der Waals surface area contributed by atoms with Crippen LogP contribution in [0.5, 0.6) is 11.5 Å². The highest BCUT2D eigenvalue weighted by molar-refractivity contribution is 6.83. The summed E-state index contributed by atoms with van der Waals surface area (Å²) in [4.78, 5) is 23.7. The fourth-order valence-electron chi connectivity index (χ4n) is 4.92. The SMILES string of the molecule is CC(C)(C)OC(=O)N1CCC(n2c(C#C[Si](C)(C)C)c(-c3ccc(Oc4ccccc4)cc3)c3c(N)ncnc32)C1. The van der Waals surface area contributed by atoms with Crippen LogP contribution in [0.2, 0.25) is 19.6 Å². The number of likely N-dealkylation sites (tertiary alicyclic amines) is 1. The molecule has 2 aromatic heterocycles. The van der Waals surface area contributed by atoms with Crippen LogP contribution in [-0.2, 0) is 4.74 Å². The van der Waals surface area contributed by atoms with Crippen molar-refractivity contribution in [1.82, 2.24) is 19.4 Å². The minimum atomic E-state index is -1.75. The smallest absolute Gasteiger partial charge is 0.410 e. The Labute approximate surface area is 242 Å². The Bertz CT molecular complexity index is 1620. The fourth-order valence-corrected chi connectivity index (χ4v) is 5.42. The molecule has 0 radical (unpaired) electrons. The zero-order valence-electron chi connectivity index (χ0n) is 24.6. The second-order valence-electron chi connectivity index (χ2n) is 12.4. The van der Waals surface area contributed by atoms with Crippen LogP contribution in [-0.4, -0.2) is 52.3 Å². The minimum absolute atomic E-state index is 0.0420. The van der Waals surface area contributed by atoms with Crippen LogP contribution in [0.15, 0.2) is 60.9 Å². The number of benzene rings is 2. The summed E-state index contributed by atoms with van der Waals surface area (Å²) in [5.74, 6) is 5.43. The summed E-state index contributed by atoms with van der Waals surface area (Å²) in [6.45, 7) is 13.4. The predicted octanol–water partition coefficient (Wildman–Crippen LogP) is 6.88. The Morgan fingerprint density at radius 3 is 2.37 bits per heavy atom. The van der Waals surface area contributed by atoms with E-state index in [9.17, 15) is 4.79 Å². The number of carbonyl (C=O) groups excluding carboxylic acids is 1. The maximum Gasteiger partial charge on any atom is 0.410 e. The molecular weight excluding hydrogens is 530 g/mol. The molecule has 8 nitrogen and oxygen atoms in total. The average molecular weight is 568 g/mol. The van der Waals surface area contributed by atoms with Crippen molar-refractivity contribution in [3.05, 3.63) is 66.6 Å². The first-order chi connectivity index (χ1) is 19.4. The number of hydrogen-bond donors (Lipinski definition) is 1. The lowest BCUT2D eigenvalue weighted by Gasteiger charge is -2.24. The average Bonchev–Trinajstić information content (AvgIpc) is 3.51. The van der Waals surface area contributed by atoms with Gasteiger partial charge in [0, 0.05) is 18.7 Å². The van der Waals surface area contributed by atoms with Crippen LogP contribution in [0.1, 0.15) is 38.9 Å². The lowest BCUT2D eigenvalue weighted by atomic mass is 10.0. The van der Waals surface area contributed by atoms with Gasteiger partial charge in [0.15, 0.2) is 0 Å². The van der Waals surface area contributed by atoms with Crippen LogP contribution in [0.25, 0.3) is 22.2 Å². The number of nitrogen functional groups attached to an aromatic ring is 1. The molecule has 2 N–H and O–H groups in total. The number of hydrogen-bond acceptors (Lipinski definition) is 6. The molecule has 0 bridgehead atoms. The molecule has 1 saturated heterocycles. The van der Waals surface area contributed by atoms with Crippen molar-refractivity contribution in [2.45, 2.75) is 58.5 Å². The quantitative estimate of drug-likeness (QED) is 0.213. The number of rotatable bonds is 4. The van der Waals surface area contributed by atoms with Gasteiger partial charge in [0.2, 0.25) is 0 Å². The number of anilines is 1. The van der Waals surface area contributed by atoms with Crippen molar-refractivity contribution in [1.29, 1.82) is 0 Å². The number of nitrogens with zero attached hydrogens (tertiary/aromatic N) is 4. The van der Waals surface area contributed by atoms with Gasteiger partial charge in [0.25, 0.3) is 0 Å². The Kier molecular flexibility index (Phi) is 7.54. The van der Waals surface area contributed by atoms with Gasteiger partial charge in [-0.3, -0.25) is 0 Å². The molecular formula is C32H37N5O3Si. The summed E-state index contributed by atoms with van der Waals surface area (Å²) in [5.41, 5.74) is 12.9. The predicted molar refractivity (Wildman–Crippen MR) is 166 cm³/mol. The monoisotopic (exact) mass is 567 g/mol. The van der Waals surface area contributed by atoms with Gasteiger partial charge in [-0.15, -0.1) is 5.54 Å². The number of carbonyl (C=O) groups is 1. The van der Waals surface area contributed by atoms with Crippen LogP contribution >= 0.6 is 0 Å². The highest BCUT2D eigenvalue weighted by Crippen LogP contribution is 2.40. The molecule has 1 fully saturated rings. The van der Waals surface area contributed by atoms with Crippen molar-refractivity contribution in [3.8, 4) is 34.1 Å². The molecule has 1 aliphatic heterocycles. The van der Waals surface area contributed by atoms with Crippen LogP contribution in [0.3, 0.4) is 0 Å². The minimum Gasteiger partial charge on any atom is -0.457 e. The Morgan fingerprint density at radius 2 is 1.71 bits per heavy atom. The maximum atomic E-state index is 12.9. The topological polar surface area (TPSA) is 95.5 Å². The molecule has 5 rings (SSSR count). The second kappa shape index (κ2) is 10.9. The summed E-state index contributed by atoms with van der Waals surface area (Å²) < 4.78 is 13.9. The van der Waals surface area contributed by atoms with E-state index in [-0.39, 0.29) is 12.1 Å². The third-order valence-electron chi connectivity index (χ3n) is 6.67. The first-order valence-corrected chi connectivity index (χ1v) is 17.4. The van der Waals surface area contributed by atoms with E-state index in [0.717, 1.165) is 40.1 Å². The Morgan fingerprint density at radius 1 is 1.02 bits per heavy atom. The summed E-state index contributed by atoms with van der Waals surface area (Å²) in [6, 6.07) is 17.6. The standard InChI is InChI=1S/C32H37N5O3Si/c1-32(2,3)40-31(38)36-18-16-23(20-36)37-26(17-19-41(4,5)6)27(28-29(33)34-21-35-30(28)37)22-12-14-25(15-13-22)39-24-10-8-7-9-11-24/h7-15,21,23H,16,18,20H2,1-6H3,(H2,33,34,35). The molecule has 0 spiro atoms. The number of amides is 1. The molecule has 1 aliphatic rings. The largest absolute Gasteiger partial charge is 0.457 e. The summed E-state index contributed by atoms with van der Waals surface area (Å²) in [7, 11) is -1.75. The molecule has 0 saturated carbocycles. The summed E-state index contributed by atoms with van der Waals surface area (Å²) in [6.07, 6.45) is 1.93. The van der Waals surface area contributed by atoms with E-state index in [2.05, 4.69) is 40.7 Å². The van der Waals surface area contributed by atoms with E-state index in [1.165, 1.54) is 6.33 Å². The first kappa shape index (κ1) is 28.2. The Hall–Kier alpha value is -4.29. The van der Waals surface area contributed by atoms with Gasteiger partial charge in [-0.1, -0.05) is 55.9 Å². The number of fused-ring (bicyclic) bond motifs is 1. The third kappa shape index (κ3) is 6.39. The van der Waals surface area contributed by atoms with Gasteiger partial charge in [0.1, 0.15) is 48.7 Å². The number of para-hydroxylation sites is 1. The van der Waals surface area contributed by atoms with Gasteiger partial charge in [-0.05, 0) is 57.0 Å². The first-order valence-electron chi connectivity index (χ1n) is 13.9. The number of ether oxygens (including phenoxy) is 2. The Balaban J connectivity index is 1.61. The molecule has 1 unspecified atom stereocenters. The fraction of sp³-hybridized carbons (Fsp3) is 0.344. The van der Waals surface area contributed by atoms with Crippen LogP contribution < -0.4 is 10.5 Å². The van der Waals surface area contributed by atoms with E-state index < -0.39 is 13.7 Å². The highest BCUT2D eigenvalue weighted by atomic mass is 28.3. The van der Waals surface area contributed by atoms with Gasteiger partial charge < -0.3 is 24.7 Å². The van der Waals surface area contributed by atoms with Crippen molar-refractivity contribution >= 4 is 31.0 Å². The van der Waals surface area contributed by atoms with Crippen molar-refractivity contribution in [3.63, 3.8) is 0 Å². The summed E-state index contributed by atoms with van der Waals surface area (Å²) >= 11 is 0. The van der Waals surface area contributed by atoms with Crippen molar-refractivity contribution < 1.29 is 14.3 Å². The van der Waals surface area contributed by atoms with Crippen LogP contribution in [0.4, 0.5) is 10.6 Å². The molecule has 9 heteroatoms. The van der Waals surface area contributed by atoms with E-state index in [4.69, 9.17) is 20.2 Å². The van der Waals surface area contributed by atoms with E-state index in [1.807, 2.05) is 75.4 Å². The molecule has 41 heavy (non-hydrogen) atoms.